The van der Waals surface area contributed by atoms with E-state index in [9.17, 15) is 4.79 Å². The van der Waals surface area contributed by atoms with E-state index in [2.05, 4.69) is 44.1 Å². The van der Waals surface area contributed by atoms with Gasteiger partial charge in [0, 0.05) is 60.3 Å². The molecule has 3 aromatic heterocycles. The van der Waals surface area contributed by atoms with Gasteiger partial charge in [-0.15, -0.1) is 5.10 Å². The summed E-state index contributed by atoms with van der Waals surface area (Å²) in [5, 5.41) is 6.67. The van der Waals surface area contributed by atoms with Crippen molar-refractivity contribution in [3.63, 3.8) is 0 Å². The van der Waals surface area contributed by atoms with Crippen molar-refractivity contribution in [2.24, 2.45) is 0 Å². The molecule has 1 aliphatic rings. The van der Waals surface area contributed by atoms with Gasteiger partial charge in [0.1, 0.15) is 5.82 Å². The lowest BCUT2D eigenvalue weighted by molar-refractivity contribution is 0.196. The fraction of sp³-hybridized carbons (Fsp3) is 0.231. The molecular formula is C26H25N7O. The Balaban J connectivity index is 1.20. The molecule has 170 valence electrons. The van der Waals surface area contributed by atoms with Crippen molar-refractivity contribution < 1.29 is 0 Å². The summed E-state index contributed by atoms with van der Waals surface area (Å²) in [6.07, 6.45) is 11.2. The summed E-state index contributed by atoms with van der Waals surface area (Å²) >= 11 is 0. The third kappa shape index (κ3) is 3.92. The van der Waals surface area contributed by atoms with Gasteiger partial charge in [0.15, 0.2) is 0 Å². The lowest BCUT2D eigenvalue weighted by Gasteiger charge is -2.31. The predicted octanol–water partition coefficient (Wildman–Crippen LogP) is 3.67. The standard InChI is InChI=1S/C26H25N7O/c34-26-29-25(30-33(26)24-5-1-3-20-15-27-11-10-23(20)24)21-4-2-13-31(17-21)16-19-6-8-22(9-7-19)32-14-12-28-18-32/h1,3,5-12,14-15,18,21H,2,4,13,16-17H2,(H,29,30,34). The van der Waals surface area contributed by atoms with E-state index in [4.69, 9.17) is 5.10 Å². The van der Waals surface area contributed by atoms with Crippen LogP contribution in [0.4, 0.5) is 0 Å². The van der Waals surface area contributed by atoms with Gasteiger partial charge in [0.2, 0.25) is 0 Å². The maximum absolute atomic E-state index is 12.8. The Labute approximate surface area is 196 Å². The van der Waals surface area contributed by atoms with Crippen molar-refractivity contribution in [3.8, 4) is 11.4 Å². The first-order valence-corrected chi connectivity index (χ1v) is 11.6. The fourth-order valence-corrected chi connectivity index (χ4v) is 4.84. The van der Waals surface area contributed by atoms with E-state index in [-0.39, 0.29) is 11.6 Å². The SMILES string of the molecule is O=c1[nH]c(C2CCCN(Cc3ccc(-n4ccnc4)cc3)C2)nn1-c1cccc2cnccc12. The van der Waals surface area contributed by atoms with Crippen LogP contribution in [0.3, 0.4) is 0 Å². The summed E-state index contributed by atoms with van der Waals surface area (Å²) in [7, 11) is 0. The second kappa shape index (κ2) is 8.72. The van der Waals surface area contributed by atoms with Crippen LogP contribution in [0.15, 0.2) is 84.4 Å². The molecule has 1 N–H and O–H groups in total. The molecule has 1 unspecified atom stereocenters. The molecule has 0 spiro atoms. The average Bonchev–Trinajstić information content (AvgIpc) is 3.55. The molecule has 1 atom stereocenters. The maximum atomic E-state index is 12.8. The molecule has 0 aliphatic carbocycles. The van der Waals surface area contributed by atoms with E-state index in [1.165, 1.54) is 10.2 Å². The molecule has 4 heterocycles. The maximum Gasteiger partial charge on any atom is 0.348 e. The molecule has 8 nitrogen and oxygen atoms in total. The van der Waals surface area contributed by atoms with Crippen LogP contribution in [0, 0.1) is 0 Å². The zero-order valence-corrected chi connectivity index (χ0v) is 18.7. The Hall–Kier alpha value is -4.04. The Morgan fingerprint density at radius 2 is 1.94 bits per heavy atom. The molecule has 5 aromatic rings. The number of benzene rings is 2. The van der Waals surface area contributed by atoms with Gasteiger partial charge in [0.25, 0.3) is 0 Å². The van der Waals surface area contributed by atoms with E-state index in [0.717, 1.165) is 60.4 Å². The number of hydrogen-bond acceptors (Lipinski definition) is 5. The second-order valence-electron chi connectivity index (χ2n) is 8.81. The minimum absolute atomic E-state index is 0.199. The number of imidazole rings is 1. The van der Waals surface area contributed by atoms with Crippen LogP contribution in [0.1, 0.15) is 30.1 Å². The van der Waals surface area contributed by atoms with Crippen LogP contribution in [0.25, 0.3) is 22.1 Å². The molecule has 1 saturated heterocycles. The minimum atomic E-state index is -0.202. The van der Waals surface area contributed by atoms with Gasteiger partial charge >= 0.3 is 5.69 Å². The van der Waals surface area contributed by atoms with Crippen molar-refractivity contribution in [2.75, 3.05) is 13.1 Å². The number of aromatic nitrogens is 6. The average molecular weight is 452 g/mol. The van der Waals surface area contributed by atoms with Crippen molar-refractivity contribution >= 4 is 10.8 Å². The molecule has 0 radical (unpaired) electrons. The van der Waals surface area contributed by atoms with Gasteiger partial charge in [-0.25, -0.2) is 9.78 Å². The van der Waals surface area contributed by atoms with Crippen LogP contribution >= 0.6 is 0 Å². The van der Waals surface area contributed by atoms with Gasteiger partial charge in [-0.1, -0.05) is 24.3 Å². The number of fused-ring (bicyclic) bond motifs is 1. The molecule has 34 heavy (non-hydrogen) atoms. The van der Waals surface area contributed by atoms with E-state index < -0.39 is 0 Å². The highest BCUT2D eigenvalue weighted by molar-refractivity contribution is 5.89. The van der Waals surface area contributed by atoms with E-state index in [0.29, 0.717) is 0 Å². The molecule has 8 heteroatoms. The molecule has 1 fully saturated rings. The quantitative estimate of drug-likeness (QED) is 0.441. The third-order valence-corrected chi connectivity index (χ3v) is 6.56. The summed E-state index contributed by atoms with van der Waals surface area (Å²) in [6, 6.07) is 16.4. The number of pyridine rings is 1. The summed E-state index contributed by atoms with van der Waals surface area (Å²) in [6.45, 7) is 2.79. The predicted molar refractivity (Wildman–Crippen MR) is 130 cm³/mol. The number of likely N-dealkylation sites (tertiary alicyclic amines) is 1. The Morgan fingerprint density at radius 1 is 1.03 bits per heavy atom. The number of rotatable bonds is 5. The summed E-state index contributed by atoms with van der Waals surface area (Å²) in [5.74, 6) is 0.959. The van der Waals surface area contributed by atoms with Crippen LogP contribution in [-0.4, -0.2) is 47.3 Å². The molecular weight excluding hydrogens is 426 g/mol. The summed E-state index contributed by atoms with van der Waals surface area (Å²) in [4.78, 5) is 26.6. The number of piperidine rings is 1. The molecule has 0 saturated carbocycles. The monoisotopic (exact) mass is 451 g/mol. The van der Waals surface area contributed by atoms with Crippen molar-refractivity contribution in [1.82, 2.24) is 34.2 Å². The molecule has 6 rings (SSSR count). The first-order valence-electron chi connectivity index (χ1n) is 11.6. The van der Waals surface area contributed by atoms with Crippen molar-refractivity contribution in [2.45, 2.75) is 25.3 Å². The summed E-state index contributed by atoms with van der Waals surface area (Å²) < 4.78 is 3.49. The summed E-state index contributed by atoms with van der Waals surface area (Å²) in [5.41, 5.74) is 2.95. The number of aromatic amines is 1. The molecule has 2 aromatic carbocycles. The van der Waals surface area contributed by atoms with Gasteiger partial charge in [-0.3, -0.25) is 14.9 Å². The highest BCUT2D eigenvalue weighted by atomic mass is 16.1. The van der Waals surface area contributed by atoms with Crippen LogP contribution < -0.4 is 5.69 Å². The zero-order valence-electron chi connectivity index (χ0n) is 18.7. The third-order valence-electron chi connectivity index (χ3n) is 6.56. The topological polar surface area (TPSA) is 84.6 Å². The Kier molecular flexibility index (Phi) is 5.27. The lowest BCUT2D eigenvalue weighted by Crippen LogP contribution is -2.34. The van der Waals surface area contributed by atoms with E-state index in [1.807, 2.05) is 35.0 Å². The highest BCUT2D eigenvalue weighted by Gasteiger charge is 2.25. The molecule has 0 amide bonds. The number of hydrogen-bond donors (Lipinski definition) is 1. The fourth-order valence-electron chi connectivity index (χ4n) is 4.84. The Bertz CT molecular complexity index is 1460. The second-order valence-corrected chi connectivity index (χ2v) is 8.81. The van der Waals surface area contributed by atoms with Gasteiger partial charge in [0.05, 0.1) is 12.0 Å². The number of nitrogens with zero attached hydrogens (tertiary/aromatic N) is 6. The van der Waals surface area contributed by atoms with Gasteiger partial charge < -0.3 is 4.57 Å². The van der Waals surface area contributed by atoms with Crippen molar-refractivity contribution in [3.05, 3.63) is 102 Å². The molecule has 1 aliphatic heterocycles. The number of nitrogens with one attached hydrogen (secondary N) is 1. The van der Waals surface area contributed by atoms with Gasteiger partial charge in [-0.2, -0.15) is 4.68 Å². The van der Waals surface area contributed by atoms with Crippen LogP contribution in [-0.2, 0) is 6.54 Å². The van der Waals surface area contributed by atoms with E-state index in [1.54, 1.807) is 24.9 Å². The molecule has 0 bridgehead atoms. The van der Waals surface area contributed by atoms with Gasteiger partial charge in [-0.05, 0) is 49.2 Å². The lowest BCUT2D eigenvalue weighted by atomic mass is 9.97. The normalized spacial score (nSPS) is 16.8. The van der Waals surface area contributed by atoms with Crippen LogP contribution in [0.5, 0.6) is 0 Å². The smallest absolute Gasteiger partial charge is 0.306 e. The first kappa shape index (κ1) is 20.6. The van der Waals surface area contributed by atoms with Crippen molar-refractivity contribution in [1.29, 1.82) is 0 Å². The minimum Gasteiger partial charge on any atom is -0.306 e. The van der Waals surface area contributed by atoms with Crippen LogP contribution in [0.2, 0.25) is 0 Å². The highest BCUT2D eigenvalue weighted by Crippen LogP contribution is 2.26. The Morgan fingerprint density at radius 3 is 2.79 bits per heavy atom. The van der Waals surface area contributed by atoms with E-state index >= 15 is 0 Å². The zero-order chi connectivity index (χ0) is 22.9. The first-order chi connectivity index (χ1) is 16.7. The number of H-pyrrole nitrogens is 1. The largest absolute Gasteiger partial charge is 0.348 e.